The number of anilines is 3. The summed E-state index contributed by atoms with van der Waals surface area (Å²) in [6.07, 6.45) is 0. The first-order chi connectivity index (χ1) is 16.4. The standard InChI is InChI=1S/C22H27N7O4S/c1-32-16-7-9-17(10-8-16)34(30,31)29-13-11-28(12-14-29)15-20-25-21(23)27-22(26-20)24-18-5-3-4-6-19(18)33-2/h3-10H,11-15H2,1-2H3,(H3,23,24,25,26,27). The van der Waals surface area contributed by atoms with Crippen molar-refractivity contribution >= 4 is 27.6 Å². The molecular formula is C22H27N7O4S. The number of benzene rings is 2. The van der Waals surface area contributed by atoms with E-state index in [0.717, 1.165) is 0 Å². The van der Waals surface area contributed by atoms with Gasteiger partial charge in [-0.3, -0.25) is 4.90 Å². The first kappa shape index (κ1) is 23.7. The fourth-order valence-electron chi connectivity index (χ4n) is 3.66. The van der Waals surface area contributed by atoms with Gasteiger partial charge < -0.3 is 20.5 Å². The molecule has 0 bridgehead atoms. The van der Waals surface area contributed by atoms with E-state index in [1.165, 1.54) is 4.31 Å². The minimum atomic E-state index is -3.57. The van der Waals surface area contributed by atoms with E-state index >= 15 is 0 Å². The van der Waals surface area contributed by atoms with E-state index in [0.29, 0.717) is 61.7 Å². The van der Waals surface area contributed by atoms with Gasteiger partial charge in [0.2, 0.25) is 21.9 Å². The van der Waals surface area contributed by atoms with E-state index in [-0.39, 0.29) is 10.8 Å². The number of nitrogens with two attached hydrogens (primary N) is 1. The number of ether oxygens (including phenoxy) is 2. The molecule has 4 rings (SSSR count). The van der Waals surface area contributed by atoms with Crippen molar-refractivity contribution in [3.05, 3.63) is 54.4 Å². The summed E-state index contributed by atoms with van der Waals surface area (Å²) in [6.45, 7) is 2.22. The van der Waals surface area contributed by atoms with E-state index in [2.05, 4.69) is 25.2 Å². The first-order valence-corrected chi connectivity index (χ1v) is 12.1. The van der Waals surface area contributed by atoms with Crippen molar-refractivity contribution in [1.29, 1.82) is 0 Å². The zero-order chi connectivity index (χ0) is 24.1. The van der Waals surface area contributed by atoms with Gasteiger partial charge in [-0.25, -0.2) is 8.42 Å². The monoisotopic (exact) mass is 485 g/mol. The summed E-state index contributed by atoms with van der Waals surface area (Å²) >= 11 is 0. The molecule has 0 unspecified atom stereocenters. The molecule has 0 spiro atoms. The van der Waals surface area contributed by atoms with Crippen LogP contribution in [0.2, 0.25) is 0 Å². The Labute approximate surface area is 198 Å². The number of rotatable bonds is 8. The molecule has 11 nitrogen and oxygen atoms in total. The molecule has 2 heterocycles. The van der Waals surface area contributed by atoms with Crippen LogP contribution in [0.15, 0.2) is 53.4 Å². The maximum atomic E-state index is 13.0. The van der Waals surface area contributed by atoms with Gasteiger partial charge >= 0.3 is 0 Å². The number of nitrogens with one attached hydrogen (secondary N) is 1. The second kappa shape index (κ2) is 10.2. The highest BCUT2D eigenvalue weighted by Gasteiger charge is 2.29. The van der Waals surface area contributed by atoms with Crippen LogP contribution in [-0.2, 0) is 16.6 Å². The number of hydrogen-bond acceptors (Lipinski definition) is 10. The van der Waals surface area contributed by atoms with Gasteiger partial charge in [0.1, 0.15) is 17.3 Å². The number of nitrogens with zero attached hydrogens (tertiary/aromatic N) is 5. The van der Waals surface area contributed by atoms with Gasteiger partial charge in [-0.15, -0.1) is 0 Å². The molecule has 3 N–H and O–H groups in total. The lowest BCUT2D eigenvalue weighted by atomic mass is 10.3. The predicted molar refractivity (Wildman–Crippen MR) is 128 cm³/mol. The molecule has 0 aliphatic carbocycles. The highest BCUT2D eigenvalue weighted by atomic mass is 32.2. The van der Waals surface area contributed by atoms with Crippen molar-refractivity contribution in [2.45, 2.75) is 11.4 Å². The molecular weight excluding hydrogens is 458 g/mol. The van der Waals surface area contributed by atoms with E-state index in [1.807, 2.05) is 24.3 Å². The molecule has 3 aromatic rings. The van der Waals surface area contributed by atoms with Gasteiger partial charge in [-0.2, -0.15) is 19.3 Å². The summed E-state index contributed by atoms with van der Waals surface area (Å²) in [5, 5.41) is 3.11. The van der Waals surface area contributed by atoms with Crippen LogP contribution >= 0.6 is 0 Å². The molecule has 0 saturated carbocycles. The Bertz CT molecular complexity index is 1230. The lowest BCUT2D eigenvalue weighted by Gasteiger charge is -2.33. The average Bonchev–Trinajstić information content (AvgIpc) is 2.84. The van der Waals surface area contributed by atoms with E-state index in [9.17, 15) is 8.42 Å². The zero-order valence-corrected chi connectivity index (χ0v) is 19.8. The van der Waals surface area contributed by atoms with Crippen LogP contribution in [0.4, 0.5) is 17.6 Å². The molecule has 34 heavy (non-hydrogen) atoms. The molecule has 1 aliphatic rings. The largest absolute Gasteiger partial charge is 0.497 e. The van der Waals surface area contributed by atoms with Gasteiger partial charge in [0.25, 0.3) is 0 Å². The molecule has 2 aromatic carbocycles. The summed E-state index contributed by atoms with van der Waals surface area (Å²) in [5.74, 6) is 2.17. The zero-order valence-electron chi connectivity index (χ0n) is 19.0. The Morgan fingerprint density at radius 1 is 0.941 bits per heavy atom. The number of aromatic nitrogens is 3. The Morgan fingerprint density at radius 3 is 2.32 bits per heavy atom. The van der Waals surface area contributed by atoms with Gasteiger partial charge in [-0.05, 0) is 36.4 Å². The minimum Gasteiger partial charge on any atom is -0.497 e. The second-order valence-corrected chi connectivity index (χ2v) is 9.55. The Kier molecular flexibility index (Phi) is 7.10. The molecule has 1 fully saturated rings. The van der Waals surface area contributed by atoms with E-state index in [4.69, 9.17) is 15.2 Å². The highest BCUT2D eigenvalue weighted by molar-refractivity contribution is 7.89. The highest BCUT2D eigenvalue weighted by Crippen LogP contribution is 2.26. The first-order valence-electron chi connectivity index (χ1n) is 10.7. The van der Waals surface area contributed by atoms with Gasteiger partial charge in [0, 0.05) is 26.2 Å². The van der Waals surface area contributed by atoms with Crippen LogP contribution in [0.25, 0.3) is 0 Å². The SMILES string of the molecule is COc1ccc(S(=O)(=O)N2CCN(Cc3nc(N)nc(Nc4ccccc4OC)n3)CC2)cc1. The molecule has 1 saturated heterocycles. The maximum absolute atomic E-state index is 13.0. The molecule has 12 heteroatoms. The summed E-state index contributed by atoms with van der Waals surface area (Å²) in [4.78, 5) is 15.2. The Balaban J connectivity index is 1.40. The number of para-hydroxylation sites is 2. The number of piperazine rings is 1. The van der Waals surface area contributed by atoms with Crippen molar-refractivity contribution in [2.24, 2.45) is 0 Å². The van der Waals surface area contributed by atoms with Crippen molar-refractivity contribution in [2.75, 3.05) is 51.4 Å². The Hall–Kier alpha value is -3.48. The van der Waals surface area contributed by atoms with Gasteiger partial charge in [0.05, 0.1) is 31.3 Å². The third-order valence-corrected chi connectivity index (χ3v) is 7.36. The van der Waals surface area contributed by atoms with Crippen molar-refractivity contribution in [3.63, 3.8) is 0 Å². The van der Waals surface area contributed by atoms with E-state index in [1.54, 1.807) is 38.5 Å². The number of nitrogen functional groups attached to an aromatic ring is 1. The second-order valence-electron chi connectivity index (χ2n) is 7.61. The fourth-order valence-corrected chi connectivity index (χ4v) is 5.08. The van der Waals surface area contributed by atoms with Crippen LogP contribution in [0.3, 0.4) is 0 Å². The predicted octanol–water partition coefficient (Wildman–Crippen LogP) is 1.72. The lowest BCUT2D eigenvalue weighted by Crippen LogP contribution is -2.48. The van der Waals surface area contributed by atoms with Crippen molar-refractivity contribution in [3.8, 4) is 11.5 Å². The minimum absolute atomic E-state index is 0.100. The molecule has 1 aliphatic heterocycles. The van der Waals surface area contributed by atoms with Crippen LogP contribution in [0.5, 0.6) is 11.5 Å². The summed E-state index contributed by atoms with van der Waals surface area (Å²) in [6, 6.07) is 13.8. The molecule has 1 aromatic heterocycles. The molecule has 0 radical (unpaired) electrons. The van der Waals surface area contributed by atoms with Crippen molar-refractivity contribution in [1.82, 2.24) is 24.2 Å². The summed E-state index contributed by atoms with van der Waals surface area (Å²) in [5.41, 5.74) is 6.61. The lowest BCUT2D eigenvalue weighted by molar-refractivity contribution is 0.178. The fraction of sp³-hybridized carbons (Fsp3) is 0.318. The number of hydrogen-bond donors (Lipinski definition) is 2. The third-order valence-electron chi connectivity index (χ3n) is 5.45. The molecule has 180 valence electrons. The van der Waals surface area contributed by atoms with Crippen LogP contribution < -0.4 is 20.5 Å². The van der Waals surface area contributed by atoms with Gasteiger partial charge in [0.15, 0.2) is 0 Å². The number of methoxy groups -OCH3 is 2. The normalized spacial score (nSPS) is 15.1. The topological polar surface area (TPSA) is 136 Å². The molecule has 0 atom stereocenters. The summed E-state index contributed by atoms with van der Waals surface area (Å²) < 4.78 is 37.9. The third kappa shape index (κ3) is 5.35. The smallest absolute Gasteiger partial charge is 0.243 e. The Morgan fingerprint density at radius 2 is 1.65 bits per heavy atom. The van der Waals surface area contributed by atoms with Crippen molar-refractivity contribution < 1.29 is 17.9 Å². The quantitative estimate of drug-likeness (QED) is 0.485. The maximum Gasteiger partial charge on any atom is 0.243 e. The van der Waals surface area contributed by atoms with E-state index < -0.39 is 10.0 Å². The molecule has 0 amide bonds. The summed E-state index contributed by atoms with van der Waals surface area (Å²) in [7, 11) is -0.442. The number of sulfonamides is 1. The van der Waals surface area contributed by atoms with Crippen LogP contribution in [-0.4, -0.2) is 73.0 Å². The van der Waals surface area contributed by atoms with Gasteiger partial charge in [-0.1, -0.05) is 12.1 Å². The van der Waals surface area contributed by atoms with Crippen LogP contribution in [0.1, 0.15) is 5.82 Å². The van der Waals surface area contributed by atoms with Crippen LogP contribution in [0, 0.1) is 0 Å². The average molecular weight is 486 g/mol.